The molecule has 0 fully saturated rings. The van der Waals surface area contributed by atoms with Gasteiger partial charge in [0.15, 0.2) is 17.4 Å². The molecule has 0 saturated carbocycles. The molecule has 9 heteroatoms. The fraction of sp³-hybridized carbons (Fsp3) is 0.150. The molecule has 4 rings (SSSR count). The number of thiazole rings is 1. The third-order valence-electron chi connectivity index (χ3n) is 4.30. The number of carbonyl (C=O) groups is 2. The van der Waals surface area contributed by atoms with Gasteiger partial charge in [-0.05, 0) is 37.1 Å². The van der Waals surface area contributed by atoms with E-state index in [9.17, 15) is 14.4 Å². The van der Waals surface area contributed by atoms with Crippen LogP contribution in [-0.4, -0.2) is 33.7 Å². The number of hydrogen-bond donors (Lipinski definition) is 2. The fourth-order valence-corrected chi connectivity index (χ4v) is 4.11. The number of H-pyrrole nitrogens is 1. The van der Waals surface area contributed by atoms with Crippen LogP contribution in [0.2, 0.25) is 0 Å². The van der Waals surface area contributed by atoms with E-state index in [1.54, 1.807) is 24.3 Å². The molecule has 2 aromatic carbocycles. The number of hydrogen-bond acceptors (Lipinski definition) is 7. The molecule has 29 heavy (non-hydrogen) atoms. The van der Waals surface area contributed by atoms with Crippen LogP contribution in [0.3, 0.4) is 0 Å². The van der Waals surface area contributed by atoms with Gasteiger partial charge in [0.25, 0.3) is 11.5 Å². The maximum absolute atomic E-state index is 12.4. The Morgan fingerprint density at radius 3 is 2.72 bits per heavy atom. The van der Waals surface area contributed by atoms with Crippen molar-refractivity contribution in [2.24, 2.45) is 0 Å². The van der Waals surface area contributed by atoms with Crippen molar-refractivity contribution in [2.75, 3.05) is 11.9 Å². The number of anilines is 1. The first-order chi connectivity index (χ1) is 13.9. The lowest BCUT2D eigenvalue weighted by Gasteiger charge is -2.06. The molecule has 0 unspecified atom stereocenters. The van der Waals surface area contributed by atoms with Gasteiger partial charge in [-0.3, -0.25) is 14.9 Å². The average molecular weight is 408 g/mol. The number of esters is 1. The maximum atomic E-state index is 12.4. The Hall–Kier alpha value is -3.59. The van der Waals surface area contributed by atoms with E-state index in [0.29, 0.717) is 15.9 Å². The first-order valence-corrected chi connectivity index (χ1v) is 9.56. The third kappa shape index (κ3) is 3.72. The second-order valence-electron chi connectivity index (χ2n) is 6.52. The molecule has 2 N–H and O–H groups in total. The minimum atomic E-state index is -0.802. The SMILES string of the molecule is Cc1cc(C)c2nc(NC(=O)COC(=O)c3n[nH]c(=O)c4ccccc34)sc2c1. The quantitative estimate of drug-likeness (QED) is 0.502. The van der Waals surface area contributed by atoms with Gasteiger partial charge in [0.1, 0.15) is 0 Å². The van der Waals surface area contributed by atoms with Crippen molar-refractivity contribution in [1.82, 2.24) is 15.2 Å². The molecule has 0 spiro atoms. The van der Waals surface area contributed by atoms with Gasteiger partial charge in [-0.2, -0.15) is 5.10 Å². The Bertz CT molecular complexity index is 1330. The number of rotatable bonds is 4. The first kappa shape index (κ1) is 18.8. The summed E-state index contributed by atoms with van der Waals surface area (Å²) in [5.74, 6) is -1.32. The molecule has 2 aromatic heterocycles. The first-order valence-electron chi connectivity index (χ1n) is 8.74. The van der Waals surface area contributed by atoms with Crippen LogP contribution in [-0.2, 0) is 9.53 Å². The van der Waals surface area contributed by atoms with Crippen molar-refractivity contribution in [3.8, 4) is 0 Å². The van der Waals surface area contributed by atoms with Crippen LogP contribution in [0, 0.1) is 13.8 Å². The molecule has 0 aliphatic carbocycles. The summed E-state index contributed by atoms with van der Waals surface area (Å²) < 4.78 is 6.04. The molecule has 0 radical (unpaired) electrons. The molecule has 0 saturated heterocycles. The number of aromatic nitrogens is 3. The van der Waals surface area contributed by atoms with E-state index in [2.05, 4.69) is 20.5 Å². The molecular formula is C20H16N4O4S. The Balaban J connectivity index is 1.46. The number of nitrogens with one attached hydrogen (secondary N) is 2. The standard InChI is InChI=1S/C20H16N4O4S/c1-10-7-11(2)16-14(8-10)29-20(22-16)21-15(25)9-28-19(27)17-12-5-3-4-6-13(12)18(26)24-23-17/h3-8H,9H2,1-2H3,(H,24,26)(H,21,22,25). The highest BCUT2D eigenvalue weighted by molar-refractivity contribution is 7.22. The number of benzene rings is 2. The number of ether oxygens (including phenoxy) is 1. The lowest BCUT2D eigenvalue weighted by atomic mass is 10.1. The number of aryl methyl sites for hydroxylation is 2. The molecule has 4 aromatic rings. The van der Waals surface area contributed by atoms with Gasteiger partial charge in [0.2, 0.25) is 0 Å². The lowest BCUT2D eigenvalue weighted by Crippen LogP contribution is -2.22. The third-order valence-corrected chi connectivity index (χ3v) is 5.22. The van der Waals surface area contributed by atoms with Crippen LogP contribution in [0.5, 0.6) is 0 Å². The van der Waals surface area contributed by atoms with Gasteiger partial charge in [-0.15, -0.1) is 0 Å². The van der Waals surface area contributed by atoms with Gasteiger partial charge < -0.3 is 4.74 Å². The Labute approximate surface area is 168 Å². The van der Waals surface area contributed by atoms with Crippen LogP contribution >= 0.6 is 11.3 Å². The van der Waals surface area contributed by atoms with Gasteiger partial charge in [0.05, 0.1) is 15.6 Å². The molecule has 8 nitrogen and oxygen atoms in total. The number of nitrogens with zero attached hydrogens (tertiary/aromatic N) is 2. The highest BCUT2D eigenvalue weighted by Crippen LogP contribution is 2.29. The van der Waals surface area contributed by atoms with Crippen LogP contribution < -0.4 is 10.9 Å². The van der Waals surface area contributed by atoms with Crippen molar-refractivity contribution in [2.45, 2.75) is 13.8 Å². The summed E-state index contributed by atoms with van der Waals surface area (Å²) in [5.41, 5.74) is 2.51. The zero-order valence-corrected chi connectivity index (χ0v) is 16.4. The van der Waals surface area contributed by atoms with E-state index in [1.807, 2.05) is 26.0 Å². The Morgan fingerprint density at radius 1 is 1.17 bits per heavy atom. The van der Waals surface area contributed by atoms with Crippen molar-refractivity contribution in [3.63, 3.8) is 0 Å². The molecule has 0 aliphatic heterocycles. The predicted octanol–water partition coefficient (Wildman–Crippen LogP) is 2.95. The molecule has 1 amide bonds. The van der Waals surface area contributed by atoms with Crippen LogP contribution in [0.25, 0.3) is 21.0 Å². The highest BCUT2D eigenvalue weighted by atomic mass is 32.1. The van der Waals surface area contributed by atoms with Crippen LogP contribution in [0.15, 0.2) is 41.2 Å². The highest BCUT2D eigenvalue weighted by Gasteiger charge is 2.17. The van der Waals surface area contributed by atoms with E-state index in [4.69, 9.17) is 4.74 Å². The van der Waals surface area contributed by atoms with Gasteiger partial charge in [-0.25, -0.2) is 14.9 Å². The summed E-state index contributed by atoms with van der Waals surface area (Å²) in [4.78, 5) is 40.8. The average Bonchev–Trinajstić information content (AvgIpc) is 3.09. The summed E-state index contributed by atoms with van der Waals surface area (Å²) in [6.07, 6.45) is 0. The predicted molar refractivity (Wildman–Crippen MR) is 110 cm³/mol. The molecule has 0 aliphatic rings. The summed E-state index contributed by atoms with van der Waals surface area (Å²) in [7, 11) is 0. The van der Waals surface area contributed by atoms with E-state index in [-0.39, 0.29) is 5.69 Å². The topological polar surface area (TPSA) is 114 Å². The smallest absolute Gasteiger partial charge is 0.359 e. The molecular weight excluding hydrogens is 392 g/mol. The number of amides is 1. The molecule has 0 atom stereocenters. The van der Waals surface area contributed by atoms with Crippen molar-refractivity contribution in [1.29, 1.82) is 0 Å². The van der Waals surface area contributed by atoms with E-state index < -0.39 is 24.0 Å². The van der Waals surface area contributed by atoms with E-state index in [0.717, 1.165) is 21.3 Å². The van der Waals surface area contributed by atoms with Gasteiger partial charge >= 0.3 is 5.97 Å². The molecule has 146 valence electrons. The monoisotopic (exact) mass is 408 g/mol. The van der Waals surface area contributed by atoms with Gasteiger partial charge in [0, 0.05) is 5.39 Å². The lowest BCUT2D eigenvalue weighted by molar-refractivity contribution is -0.119. The zero-order valence-electron chi connectivity index (χ0n) is 15.6. The van der Waals surface area contributed by atoms with E-state index >= 15 is 0 Å². The maximum Gasteiger partial charge on any atom is 0.359 e. The molecule has 0 bridgehead atoms. The number of aromatic amines is 1. The summed E-state index contributed by atoms with van der Waals surface area (Å²) >= 11 is 1.35. The Kier molecular flexibility index (Phi) is 4.81. The minimum Gasteiger partial charge on any atom is -0.451 e. The Morgan fingerprint density at radius 2 is 1.93 bits per heavy atom. The second kappa shape index (κ2) is 7.44. The molecule has 2 heterocycles. The summed E-state index contributed by atoms with van der Waals surface area (Å²) in [5, 5.41) is 9.78. The number of carbonyl (C=O) groups excluding carboxylic acids is 2. The van der Waals surface area contributed by atoms with Crippen LogP contribution in [0.4, 0.5) is 5.13 Å². The van der Waals surface area contributed by atoms with Crippen molar-refractivity contribution in [3.05, 3.63) is 63.6 Å². The van der Waals surface area contributed by atoms with Crippen molar-refractivity contribution < 1.29 is 14.3 Å². The zero-order chi connectivity index (χ0) is 20.5. The summed E-state index contributed by atoms with van der Waals surface area (Å²) in [6, 6.07) is 10.6. The van der Waals surface area contributed by atoms with Crippen molar-refractivity contribution >= 4 is 49.3 Å². The van der Waals surface area contributed by atoms with E-state index in [1.165, 1.54) is 11.3 Å². The van der Waals surface area contributed by atoms with Crippen LogP contribution in [0.1, 0.15) is 21.6 Å². The normalized spacial score (nSPS) is 11.0. The fourth-order valence-electron chi connectivity index (χ4n) is 3.05. The second-order valence-corrected chi connectivity index (χ2v) is 7.55. The summed E-state index contributed by atoms with van der Waals surface area (Å²) in [6.45, 7) is 3.46. The van der Waals surface area contributed by atoms with Gasteiger partial charge in [-0.1, -0.05) is 35.6 Å². The minimum absolute atomic E-state index is 0.0564. The largest absolute Gasteiger partial charge is 0.451 e. The number of fused-ring (bicyclic) bond motifs is 2.